The van der Waals surface area contributed by atoms with E-state index in [0.717, 1.165) is 50.0 Å². The maximum atomic E-state index is 6.51. The molecule has 39 heavy (non-hydrogen) atoms. The quantitative estimate of drug-likeness (QED) is 0.239. The van der Waals surface area contributed by atoms with E-state index in [2.05, 4.69) is 110 Å². The minimum Gasteiger partial charge on any atom is -0.455 e. The lowest BCUT2D eigenvalue weighted by Gasteiger charge is -2.25. The van der Waals surface area contributed by atoms with Gasteiger partial charge in [-0.05, 0) is 64.9 Å². The van der Waals surface area contributed by atoms with Gasteiger partial charge in [0.1, 0.15) is 22.5 Å². The van der Waals surface area contributed by atoms with E-state index >= 15 is 0 Å². The van der Waals surface area contributed by atoms with Crippen molar-refractivity contribution in [3.63, 3.8) is 0 Å². The Kier molecular flexibility index (Phi) is 5.21. The molecule has 0 radical (unpaired) electrons. The number of hydrogen-bond acceptors (Lipinski definition) is 3. The van der Waals surface area contributed by atoms with E-state index < -0.39 is 0 Å². The van der Waals surface area contributed by atoms with E-state index in [4.69, 9.17) is 9.40 Å². The monoisotopic (exact) mass is 507 g/mol. The van der Waals surface area contributed by atoms with Crippen molar-refractivity contribution in [2.45, 2.75) is 33.1 Å². The van der Waals surface area contributed by atoms with Crippen LogP contribution in [0.15, 0.2) is 108 Å². The standard InChI is InChI=1S/C35H29N3O/c1-22-14-16-26(33-32(22)25-12-8-9-13-31(25)39-33)34-37-28-21-36-19-18-30(28)38(34)29-17-15-24(20-27(29)35(2,3)4)23-10-6-5-7-11-23/h5-21H,1-4H3. The molecule has 3 aromatic heterocycles. The number of imidazole rings is 1. The smallest absolute Gasteiger partial charge is 0.149 e. The van der Waals surface area contributed by atoms with Gasteiger partial charge in [-0.3, -0.25) is 9.55 Å². The highest BCUT2D eigenvalue weighted by molar-refractivity contribution is 6.11. The number of rotatable bonds is 3. The minimum atomic E-state index is -0.108. The summed E-state index contributed by atoms with van der Waals surface area (Å²) in [5.74, 6) is 0.847. The Morgan fingerprint density at radius 1 is 0.795 bits per heavy atom. The molecule has 0 spiro atoms. The summed E-state index contributed by atoms with van der Waals surface area (Å²) < 4.78 is 8.79. The van der Waals surface area contributed by atoms with Gasteiger partial charge in [-0.15, -0.1) is 0 Å². The van der Waals surface area contributed by atoms with Crippen LogP contribution in [0.1, 0.15) is 31.9 Å². The molecule has 0 amide bonds. The topological polar surface area (TPSA) is 43.9 Å². The second-order valence-electron chi connectivity index (χ2n) is 11.2. The fraction of sp³-hybridized carbons (Fsp3) is 0.143. The van der Waals surface area contributed by atoms with Crippen molar-refractivity contribution in [3.8, 4) is 28.2 Å². The van der Waals surface area contributed by atoms with Gasteiger partial charge >= 0.3 is 0 Å². The number of furan rings is 1. The average Bonchev–Trinajstić information content (AvgIpc) is 3.52. The van der Waals surface area contributed by atoms with Gasteiger partial charge in [0.15, 0.2) is 0 Å². The molecule has 0 N–H and O–H groups in total. The molecule has 0 unspecified atom stereocenters. The van der Waals surface area contributed by atoms with Crippen LogP contribution in [0.4, 0.5) is 0 Å². The molecule has 3 heterocycles. The number of aromatic nitrogens is 3. The van der Waals surface area contributed by atoms with Crippen LogP contribution < -0.4 is 0 Å². The van der Waals surface area contributed by atoms with Gasteiger partial charge in [0.25, 0.3) is 0 Å². The highest BCUT2D eigenvalue weighted by atomic mass is 16.3. The molecule has 0 aliphatic heterocycles. The Bertz CT molecular complexity index is 2010. The normalized spacial score (nSPS) is 12.1. The summed E-state index contributed by atoms with van der Waals surface area (Å²) in [6.45, 7) is 8.94. The first-order valence-electron chi connectivity index (χ1n) is 13.3. The number of fused-ring (bicyclic) bond motifs is 4. The fourth-order valence-electron chi connectivity index (χ4n) is 5.67. The Labute approximate surface area is 227 Å². The van der Waals surface area contributed by atoms with Crippen LogP contribution >= 0.6 is 0 Å². The van der Waals surface area contributed by atoms with Crippen molar-refractivity contribution in [3.05, 3.63) is 115 Å². The van der Waals surface area contributed by atoms with Crippen LogP contribution in [0, 0.1) is 6.92 Å². The lowest BCUT2D eigenvalue weighted by molar-refractivity contribution is 0.587. The van der Waals surface area contributed by atoms with Crippen LogP contribution in [0.3, 0.4) is 0 Å². The first kappa shape index (κ1) is 23.4. The lowest BCUT2D eigenvalue weighted by atomic mass is 9.83. The number of aryl methyl sites for hydroxylation is 1. The van der Waals surface area contributed by atoms with Gasteiger partial charge in [-0.2, -0.15) is 0 Å². The molecule has 0 bridgehead atoms. The van der Waals surface area contributed by atoms with Crippen molar-refractivity contribution in [1.82, 2.24) is 14.5 Å². The molecule has 0 atom stereocenters. The van der Waals surface area contributed by atoms with Crippen molar-refractivity contribution in [1.29, 1.82) is 0 Å². The van der Waals surface area contributed by atoms with Crippen LogP contribution in [-0.2, 0) is 5.41 Å². The van der Waals surface area contributed by atoms with Crippen molar-refractivity contribution >= 4 is 33.0 Å². The van der Waals surface area contributed by atoms with Gasteiger partial charge in [0.2, 0.25) is 0 Å². The molecule has 0 fully saturated rings. The van der Waals surface area contributed by atoms with Gasteiger partial charge < -0.3 is 4.42 Å². The number of hydrogen-bond donors (Lipinski definition) is 0. The third kappa shape index (κ3) is 3.75. The van der Waals surface area contributed by atoms with Crippen LogP contribution in [0.25, 0.3) is 61.2 Å². The molecule has 0 aliphatic rings. The van der Waals surface area contributed by atoms with Gasteiger partial charge in [-0.1, -0.05) is 81.4 Å². The maximum Gasteiger partial charge on any atom is 0.149 e. The van der Waals surface area contributed by atoms with Crippen molar-refractivity contribution < 1.29 is 4.42 Å². The summed E-state index contributed by atoms with van der Waals surface area (Å²) in [5.41, 5.74) is 10.4. The largest absolute Gasteiger partial charge is 0.455 e. The Morgan fingerprint density at radius 3 is 2.41 bits per heavy atom. The van der Waals surface area contributed by atoms with Gasteiger partial charge in [0.05, 0.1) is 23.0 Å². The summed E-state index contributed by atoms with van der Waals surface area (Å²) in [6.07, 6.45) is 3.68. The molecule has 7 rings (SSSR count). The maximum absolute atomic E-state index is 6.51. The van der Waals surface area contributed by atoms with E-state index in [1.807, 2.05) is 30.6 Å². The molecule has 0 aliphatic carbocycles. The Hall–Kier alpha value is -4.70. The zero-order valence-electron chi connectivity index (χ0n) is 22.6. The number of nitrogens with zero attached hydrogens (tertiary/aromatic N) is 3. The molecule has 0 saturated carbocycles. The SMILES string of the molecule is Cc1ccc(-c2nc3cnccc3n2-c2ccc(-c3ccccc3)cc2C(C)(C)C)c2oc3ccccc3c12. The predicted molar refractivity (Wildman–Crippen MR) is 160 cm³/mol. The van der Waals surface area contributed by atoms with Crippen LogP contribution in [-0.4, -0.2) is 14.5 Å². The molecule has 0 saturated heterocycles. The van der Waals surface area contributed by atoms with Crippen molar-refractivity contribution in [2.24, 2.45) is 0 Å². The highest BCUT2D eigenvalue weighted by Crippen LogP contribution is 2.41. The fourth-order valence-corrected chi connectivity index (χ4v) is 5.67. The van der Waals surface area contributed by atoms with E-state index in [0.29, 0.717) is 0 Å². The third-order valence-corrected chi connectivity index (χ3v) is 7.58. The predicted octanol–water partition coefficient (Wildman–Crippen LogP) is 9.26. The highest BCUT2D eigenvalue weighted by Gasteiger charge is 2.25. The molecule has 7 aromatic rings. The second kappa shape index (κ2) is 8.67. The van der Waals surface area contributed by atoms with Gasteiger partial charge in [-0.25, -0.2) is 4.98 Å². The Morgan fingerprint density at radius 2 is 1.59 bits per heavy atom. The van der Waals surface area contributed by atoms with Crippen molar-refractivity contribution in [2.75, 3.05) is 0 Å². The lowest BCUT2D eigenvalue weighted by Crippen LogP contribution is -2.16. The zero-order chi connectivity index (χ0) is 26.7. The second-order valence-corrected chi connectivity index (χ2v) is 11.2. The Balaban J connectivity index is 1.56. The third-order valence-electron chi connectivity index (χ3n) is 7.58. The number of pyridine rings is 1. The summed E-state index contributed by atoms with van der Waals surface area (Å²) in [7, 11) is 0. The van der Waals surface area contributed by atoms with Crippen LogP contribution in [0.5, 0.6) is 0 Å². The average molecular weight is 508 g/mol. The summed E-state index contributed by atoms with van der Waals surface area (Å²) >= 11 is 0. The van der Waals surface area contributed by atoms with E-state index in [9.17, 15) is 0 Å². The first-order chi connectivity index (χ1) is 18.9. The summed E-state index contributed by atoms with van der Waals surface area (Å²) in [6, 6.07) is 31.9. The summed E-state index contributed by atoms with van der Waals surface area (Å²) in [5, 5.41) is 2.26. The van der Waals surface area contributed by atoms with Crippen LogP contribution in [0.2, 0.25) is 0 Å². The molecule has 190 valence electrons. The van der Waals surface area contributed by atoms with Gasteiger partial charge in [0, 0.05) is 17.0 Å². The molecule has 4 heteroatoms. The number of benzene rings is 4. The minimum absolute atomic E-state index is 0.108. The summed E-state index contributed by atoms with van der Waals surface area (Å²) in [4.78, 5) is 9.55. The molecule has 4 aromatic carbocycles. The molecular formula is C35H29N3O. The molecular weight excluding hydrogens is 478 g/mol. The zero-order valence-corrected chi connectivity index (χ0v) is 22.6. The van der Waals surface area contributed by atoms with E-state index in [1.54, 1.807) is 0 Å². The molecule has 4 nitrogen and oxygen atoms in total. The van der Waals surface area contributed by atoms with E-state index in [-0.39, 0.29) is 5.41 Å². The number of para-hydroxylation sites is 1. The van der Waals surface area contributed by atoms with E-state index in [1.165, 1.54) is 22.3 Å². The first-order valence-corrected chi connectivity index (χ1v) is 13.3.